The van der Waals surface area contributed by atoms with Crippen LogP contribution in [-0.4, -0.2) is 40.0 Å². The Hall–Kier alpha value is -1.20. The zero-order valence-corrected chi connectivity index (χ0v) is 11.1. The molecule has 0 radical (unpaired) electrons. The SMILES string of the molecule is CCOC(=O)CN(Cc1ccnc(Cl)n1)C1CC1. The Morgan fingerprint density at radius 1 is 1.61 bits per heavy atom. The lowest BCUT2D eigenvalue weighted by atomic mass is 10.3. The maximum atomic E-state index is 11.5. The van der Waals surface area contributed by atoms with Gasteiger partial charge in [0.2, 0.25) is 5.28 Å². The van der Waals surface area contributed by atoms with E-state index >= 15 is 0 Å². The number of carbonyl (C=O) groups is 1. The van der Waals surface area contributed by atoms with Gasteiger partial charge in [-0.15, -0.1) is 0 Å². The molecule has 1 heterocycles. The molecule has 0 saturated heterocycles. The molecule has 98 valence electrons. The molecule has 6 heteroatoms. The van der Waals surface area contributed by atoms with Crippen molar-refractivity contribution in [1.82, 2.24) is 14.9 Å². The van der Waals surface area contributed by atoms with E-state index in [0.717, 1.165) is 18.5 Å². The van der Waals surface area contributed by atoms with E-state index in [1.165, 1.54) is 0 Å². The van der Waals surface area contributed by atoms with Gasteiger partial charge in [-0.1, -0.05) is 0 Å². The Morgan fingerprint density at radius 2 is 2.39 bits per heavy atom. The van der Waals surface area contributed by atoms with E-state index in [1.54, 1.807) is 6.20 Å². The number of carbonyl (C=O) groups excluding carboxylic acids is 1. The average molecular weight is 270 g/mol. The number of halogens is 1. The van der Waals surface area contributed by atoms with Crippen molar-refractivity contribution in [3.05, 3.63) is 23.2 Å². The summed E-state index contributed by atoms with van der Waals surface area (Å²) in [5.74, 6) is -0.190. The molecule has 1 aromatic rings. The second kappa shape index (κ2) is 6.11. The molecule has 1 saturated carbocycles. The van der Waals surface area contributed by atoms with Gasteiger partial charge in [0.1, 0.15) is 0 Å². The predicted octanol–water partition coefficient (Wildman–Crippen LogP) is 1.66. The number of nitrogens with zero attached hydrogens (tertiary/aromatic N) is 3. The number of hydrogen-bond donors (Lipinski definition) is 0. The molecular weight excluding hydrogens is 254 g/mol. The van der Waals surface area contributed by atoms with Gasteiger partial charge in [-0.2, -0.15) is 0 Å². The van der Waals surface area contributed by atoms with E-state index < -0.39 is 0 Å². The van der Waals surface area contributed by atoms with Crippen LogP contribution in [0.4, 0.5) is 0 Å². The highest BCUT2D eigenvalue weighted by molar-refractivity contribution is 6.28. The van der Waals surface area contributed by atoms with Crippen molar-refractivity contribution < 1.29 is 9.53 Å². The Morgan fingerprint density at radius 3 is 3.00 bits per heavy atom. The second-order valence-corrected chi connectivity index (χ2v) is 4.60. The molecule has 0 bridgehead atoms. The molecular formula is C12H16ClN3O2. The number of esters is 1. The van der Waals surface area contributed by atoms with Gasteiger partial charge in [0.25, 0.3) is 0 Å². The first-order valence-electron chi connectivity index (χ1n) is 6.06. The van der Waals surface area contributed by atoms with Gasteiger partial charge in [-0.05, 0) is 37.4 Å². The summed E-state index contributed by atoms with van der Waals surface area (Å²) in [7, 11) is 0. The maximum absolute atomic E-state index is 11.5. The number of ether oxygens (including phenoxy) is 1. The molecule has 0 atom stereocenters. The zero-order valence-electron chi connectivity index (χ0n) is 10.3. The summed E-state index contributed by atoms with van der Waals surface area (Å²) in [6.07, 6.45) is 3.87. The Balaban J connectivity index is 1.96. The standard InChI is InChI=1S/C12H16ClN3O2/c1-2-18-11(17)8-16(10-3-4-10)7-9-5-6-14-12(13)15-9/h5-6,10H,2-4,7-8H2,1H3. The highest BCUT2D eigenvalue weighted by atomic mass is 35.5. The van der Waals surface area contributed by atoms with Crippen LogP contribution in [0.1, 0.15) is 25.5 Å². The minimum Gasteiger partial charge on any atom is -0.465 e. The molecule has 2 rings (SSSR count). The molecule has 0 unspecified atom stereocenters. The summed E-state index contributed by atoms with van der Waals surface area (Å²) >= 11 is 5.75. The minimum atomic E-state index is -0.190. The van der Waals surface area contributed by atoms with E-state index in [2.05, 4.69) is 14.9 Å². The summed E-state index contributed by atoms with van der Waals surface area (Å²) in [6, 6.07) is 2.27. The van der Waals surface area contributed by atoms with Gasteiger partial charge < -0.3 is 4.74 Å². The largest absolute Gasteiger partial charge is 0.465 e. The molecule has 0 aliphatic heterocycles. The predicted molar refractivity (Wildman–Crippen MR) is 67.1 cm³/mol. The highest BCUT2D eigenvalue weighted by Gasteiger charge is 2.30. The van der Waals surface area contributed by atoms with E-state index in [1.807, 2.05) is 13.0 Å². The third kappa shape index (κ3) is 3.92. The molecule has 1 aliphatic carbocycles. The van der Waals surface area contributed by atoms with Crippen LogP contribution in [0.2, 0.25) is 5.28 Å². The van der Waals surface area contributed by atoms with Crippen LogP contribution in [0.3, 0.4) is 0 Å². The Labute approximate surface area is 111 Å². The van der Waals surface area contributed by atoms with Crippen LogP contribution in [0.15, 0.2) is 12.3 Å². The molecule has 1 aliphatic rings. The first kappa shape index (κ1) is 13.2. The fraction of sp³-hybridized carbons (Fsp3) is 0.583. The van der Waals surface area contributed by atoms with Crippen molar-refractivity contribution in [2.24, 2.45) is 0 Å². The van der Waals surface area contributed by atoms with Gasteiger partial charge in [0.15, 0.2) is 0 Å². The Kier molecular flexibility index (Phi) is 4.49. The van der Waals surface area contributed by atoms with Crippen LogP contribution >= 0.6 is 11.6 Å². The molecule has 0 amide bonds. The molecule has 0 spiro atoms. The molecule has 18 heavy (non-hydrogen) atoms. The monoisotopic (exact) mass is 269 g/mol. The first-order valence-corrected chi connectivity index (χ1v) is 6.44. The van der Waals surface area contributed by atoms with E-state index in [0.29, 0.717) is 25.7 Å². The Bertz CT molecular complexity index is 424. The molecule has 1 aromatic heterocycles. The van der Waals surface area contributed by atoms with Crippen molar-refractivity contribution in [2.75, 3.05) is 13.2 Å². The summed E-state index contributed by atoms with van der Waals surface area (Å²) in [5, 5.41) is 0.236. The lowest BCUT2D eigenvalue weighted by Gasteiger charge is -2.20. The van der Waals surface area contributed by atoms with Gasteiger partial charge >= 0.3 is 5.97 Å². The summed E-state index contributed by atoms with van der Waals surface area (Å²) in [6.45, 7) is 3.13. The lowest BCUT2D eigenvalue weighted by molar-refractivity contribution is -0.144. The minimum absolute atomic E-state index is 0.190. The van der Waals surface area contributed by atoms with E-state index in [9.17, 15) is 4.79 Å². The molecule has 0 N–H and O–H groups in total. The van der Waals surface area contributed by atoms with Gasteiger partial charge in [-0.25, -0.2) is 9.97 Å². The van der Waals surface area contributed by atoms with Crippen LogP contribution < -0.4 is 0 Å². The smallest absolute Gasteiger partial charge is 0.320 e. The topological polar surface area (TPSA) is 55.3 Å². The third-order valence-corrected chi connectivity index (χ3v) is 2.93. The fourth-order valence-corrected chi connectivity index (χ4v) is 1.96. The zero-order chi connectivity index (χ0) is 13.0. The van der Waals surface area contributed by atoms with Crippen LogP contribution in [-0.2, 0) is 16.1 Å². The van der Waals surface area contributed by atoms with Crippen molar-refractivity contribution in [3.8, 4) is 0 Å². The second-order valence-electron chi connectivity index (χ2n) is 4.26. The molecule has 1 fully saturated rings. The summed E-state index contributed by atoms with van der Waals surface area (Å²) < 4.78 is 4.97. The van der Waals surface area contributed by atoms with E-state index in [4.69, 9.17) is 16.3 Å². The normalized spacial score (nSPS) is 14.8. The van der Waals surface area contributed by atoms with Gasteiger partial charge in [0.05, 0.1) is 18.8 Å². The maximum Gasteiger partial charge on any atom is 0.320 e. The van der Waals surface area contributed by atoms with Crippen LogP contribution in [0.25, 0.3) is 0 Å². The third-order valence-electron chi connectivity index (χ3n) is 2.75. The van der Waals surface area contributed by atoms with Crippen molar-refractivity contribution in [1.29, 1.82) is 0 Å². The molecule has 0 aromatic carbocycles. The van der Waals surface area contributed by atoms with E-state index in [-0.39, 0.29) is 11.3 Å². The lowest BCUT2D eigenvalue weighted by Crippen LogP contribution is -2.32. The first-order chi connectivity index (χ1) is 8.69. The number of rotatable bonds is 6. The van der Waals surface area contributed by atoms with Crippen molar-refractivity contribution in [2.45, 2.75) is 32.4 Å². The van der Waals surface area contributed by atoms with Gasteiger partial charge in [-0.3, -0.25) is 9.69 Å². The van der Waals surface area contributed by atoms with Gasteiger partial charge in [0, 0.05) is 18.8 Å². The highest BCUT2D eigenvalue weighted by Crippen LogP contribution is 2.27. The van der Waals surface area contributed by atoms with Crippen molar-refractivity contribution in [3.63, 3.8) is 0 Å². The fourth-order valence-electron chi connectivity index (χ4n) is 1.79. The number of aromatic nitrogens is 2. The molecule has 5 nitrogen and oxygen atoms in total. The quantitative estimate of drug-likeness (QED) is 0.581. The summed E-state index contributed by atoms with van der Waals surface area (Å²) in [4.78, 5) is 21.6. The van der Waals surface area contributed by atoms with Crippen LogP contribution in [0, 0.1) is 0 Å². The average Bonchev–Trinajstić information content (AvgIpc) is 3.12. The van der Waals surface area contributed by atoms with Crippen LogP contribution in [0.5, 0.6) is 0 Å². The summed E-state index contributed by atoms with van der Waals surface area (Å²) in [5.41, 5.74) is 0.825. The van der Waals surface area contributed by atoms with Crippen molar-refractivity contribution >= 4 is 17.6 Å². The number of hydrogen-bond acceptors (Lipinski definition) is 5.